The zero-order chi connectivity index (χ0) is 19.2. The number of benzene rings is 1. The lowest BCUT2D eigenvalue weighted by Gasteiger charge is -2.35. The van der Waals surface area contributed by atoms with Gasteiger partial charge in [0.2, 0.25) is 5.91 Å². The Hall–Kier alpha value is -2.18. The van der Waals surface area contributed by atoms with E-state index in [0.29, 0.717) is 0 Å². The van der Waals surface area contributed by atoms with Crippen LogP contribution in [0, 0.1) is 0 Å². The van der Waals surface area contributed by atoms with Gasteiger partial charge in [0.05, 0.1) is 0 Å². The Bertz CT molecular complexity index is 804. The van der Waals surface area contributed by atoms with Crippen LogP contribution in [0.5, 0.6) is 0 Å². The lowest BCUT2D eigenvalue weighted by Crippen LogP contribution is -2.51. The predicted octanol–water partition coefficient (Wildman–Crippen LogP) is 2.72. The molecular formula is C22H26N4OS. The summed E-state index contributed by atoms with van der Waals surface area (Å²) >= 11 is 1.66. The first-order valence-corrected chi connectivity index (χ1v) is 10.9. The number of aryl methyl sites for hydroxylation is 1. The van der Waals surface area contributed by atoms with Crippen LogP contribution < -0.4 is 0 Å². The Labute approximate surface area is 170 Å². The number of amides is 1. The van der Waals surface area contributed by atoms with Gasteiger partial charge in [0.15, 0.2) is 0 Å². The number of hydrogen-bond acceptors (Lipinski definition) is 5. The average molecular weight is 395 g/mol. The van der Waals surface area contributed by atoms with E-state index in [1.165, 1.54) is 5.56 Å². The molecule has 1 fully saturated rings. The molecule has 1 aromatic carbocycles. The van der Waals surface area contributed by atoms with Crippen molar-refractivity contribution in [2.75, 3.05) is 38.5 Å². The monoisotopic (exact) mass is 394 g/mol. The van der Waals surface area contributed by atoms with Crippen molar-refractivity contribution in [1.29, 1.82) is 0 Å². The van der Waals surface area contributed by atoms with Gasteiger partial charge in [-0.1, -0.05) is 30.3 Å². The number of rotatable bonds is 6. The second-order valence-electron chi connectivity index (χ2n) is 7.26. The smallest absolute Gasteiger partial charge is 0.248 e. The minimum Gasteiger partial charge on any atom is -0.338 e. The van der Waals surface area contributed by atoms with Gasteiger partial charge in [-0.05, 0) is 37.1 Å². The minimum atomic E-state index is -0.246. The van der Waals surface area contributed by atoms with E-state index < -0.39 is 0 Å². The van der Waals surface area contributed by atoms with E-state index >= 15 is 0 Å². The van der Waals surface area contributed by atoms with Crippen molar-refractivity contribution in [1.82, 2.24) is 14.8 Å². The van der Waals surface area contributed by atoms with Gasteiger partial charge in [-0.15, -0.1) is 11.8 Å². The predicted molar refractivity (Wildman–Crippen MR) is 115 cm³/mol. The molecule has 0 spiro atoms. The Kier molecular flexibility index (Phi) is 6.39. The molecule has 3 heterocycles. The standard InChI is InChI=1S/C22H26N4OS/c27-22(20-17-28-21(24-20)19-9-4-10-23-16-19)26-14-12-25(13-15-26)11-5-8-18-6-2-1-3-7-18/h1-4,6-7,9-10,16,20H,5,8,11-15,17H2/t20-/m0/s1. The Morgan fingerprint density at radius 1 is 1.07 bits per heavy atom. The normalized spacial score (nSPS) is 20.2. The first-order chi connectivity index (χ1) is 13.8. The Balaban J connectivity index is 1.23. The van der Waals surface area contributed by atoms with Crippen molar-refractivity contribution in [2.24, 2.45) is 4.99 Å². The van der Waals surface area contributed by atoms with E-state index in [1.807, 2.05) is 23.2 Å². The lowest BCUT2D eigenvalue weighted by molar-refractivity contribution is -0.133. The van der Waals surface area contributed by atoms with E-state index in [9.17, 15) is 4.79 Å². The van der Waals surface area contributed by atoms with Crippen LogP contribution in [0.4, 0.5) is 0 Å². The van der Waals surface area contributed by atoms with Crippen LogP contribution in [0.15, 0.2) is 59.9 Å². The van der Waals surface area contributed by atoms with Gasteiger partial charge in [0.25, 0.3) is 0 Å². The van der Waals surface area contributed by atoms with Gasteiger partial charge in [-0.3, -0.25) is 19.7 Å². The second-order valence-corrected chi connectivity index (χ2v) is 8.27. The summed E-state index contributed by atoms with van der Waals surface area (Å²) in [5.74, 6) is 0.913. The fourth-order valence-corrected chi connectivity index (χ4v) is 4.72. The lowest BCUT2D eigenvalue weighted by atomic mass is 10.1. The third-order valence-corrected chi connectivity index (χ3v) is 6.41. The maximum atomic E-state index is 12.9. The highest BCUT2D eigenvalue weighted by Gasteiger charge is 2.31. The summed E-state index contributed by atoms with van der Waals surface area (Å²) in [5, 5.41) is 0.936. The van der Waals surface area contributed by atoms with Crippen LogP contribution in [-0.4, -0.2) is 70.3 Å². The summed E-state index contributed by atoms with van der Waals surface area (Å²) in [4.78, 5) is 26.1. The van der Waals surface area contributed by atoms with Crippen molar-refractivity contribution in [3.63, 3.8) is 0 Å². The molecule has 4 rings (SSSR count). The zero-order valence-corrected chi connectivity index (χ0v) is 16.9. The molecule has 146 valence electrons. The molecule has 2 aromatic rings. The summed E-state index contributed by atoms with van der Waals surface area (Å²) in [6, 6.07) is 14.3. The fraction of sp³-hybridized carbons (Fsp3) is 0.409. The molecule has 0 N–H and O–H groups in total. The molecule has 1 amide bonds. The summed E-state index contributed by atoms with van der Waals surface area (Å²) in [6.45, 7) is 4.63. The highest BCUT2D eigenvalue weighted by Crippen LogP contribution is 2.24. The molecule has 1 saturated heterocycles. The maximum Gasteiger partial charge on any atom is 0.248 e. The van der Waals surface area contributed by atoms with E-state index in [1.54, 1.807) is 18.0 Å². The van der Waals surface area contributed by atoms with Crippen LogP contribution >= 0.6 is 11.8 Å². The molecule has 0 aliphatic carbocycles. The molecule has 1 aromatic heterocycles. The van der Waals surface area contributed by atoms with Crippen LogP contribution in [0.25, 0.3) is 0 Å². The van der Waals surface area contributed by atoms with E-state index in [2.05, 4.69) is 45.2 Å². The molecule has 28 heavy (non-hydrogen) atoms. The number of aromatic nitrogens is 1. The Morgan fingerprint density at radius 2 is 1.89 bits per heavy atom. The second kappa shape index (κ2) is 9.34. The quantitative estimate of drug-likeness (QED) is 0.756. The molecule has 2 aliphatic rings. The van der Waals surface area contributed by atoms with E-state index in [4.69, 9.17) is 0 Å². The van der Waals surface area contributed by atoms with Crippen LogP contribution in [-0.2, 0) is 11.2 Å². The number of carbonyl (C=O) groups is 1. The molecule has 5 nitrogen and oxygen atoms in total. The van der Waals surface area contributed by atoms with Crippen molar-refractivity contribution in [2.45, 2.75) is 18.9 Å². The first kappa shape index (κ1) is 19.2. The average Bonchev–Trinajstić information content (AvgIpc) is 3.25. The number of pyridine rings is 1. The van der Waals surface area contributed by atoms with Gasteiger partial charge in [-0.2, -0.15) is 0 Å². The maximum absolute atomic E-state index is 12.9. The van der Waals surface area contributed by atoms with Crippen molar-refractivity contribution < 1.29 is 4.79 Å². The van der Waals surface area contributed by atoms with E-state index in [-0.39, 0.29) is 11.9 Å². The first-order valence-electron chi connectivity index (χ1n) is 9.96. The zero-order valence-electron chi connectivity index (χ0n) is 16.0. The molecular weight excluding hydrogens is 368 g/mol. The highest BCUT2D eigenvalue weighted by atomic mass is 32.2. The molecule has 0 saturated carbocycles. The van der Waals surface area contributed by atoms with Crippen LogP contribution in [0.3, 0.4) is 0 Å². The third kappa shape index (κ3) is 4.80. The molecule has 6 heteroatoms. The largest absolute Gasteiger partial charge is 0.338 e. The minimum absolute atomic E-state index is 0.176. The van der Waals surface area contributed by atoms with Crippen molar-refractivity contribution >= 4 is 22.7 Å². The summed E-state index contributed by atoms with van der Waals surface area (Å²) in [7, 11) is 0. The molecule has 1 atom stereocenters. The number of thioether (sulfide) groups is 1. The highest BCUT2D eigenvalue weighted by molar-refractivity contribution is 8.14. The van der Waals surface area contributed by atoms with E-state index in [0.717, 1.165) is 61.9 Å². The van der Waals surface area contributed by atoms with Gasteiger partial charge in [0, 0.05) is 49.9 Å². The SMILES string of the molecule is O=C([C@@H]1CSC(c2cccnc2)=N1)N1CCN(CCCc2ccccc2)CC1. The van der Waals surface area contributed by atoms with Crippen molar-refractivity contribution in [3.05, 3.63) is 66.0 Å². The molecule has 0 unspecified atom stereocenters. The number of hydrogen-bond donors (Lipinski definition) is 0. The summed E-state index contributed by atoms with van der Waals surface area (Å²) in [5.41, 5.74) is 2.41. The van der Waals surface area contributed by atoms with Crippen molar-refractivity contribution in [3.8, 4) is 0 Å². The van der Waals surface area contributed by atoms with Gasteiger partial charge < -0.3 is 4.90 Å². The van der Waals surface area contributed by atoms with Gasteiger partial charge in [0.1, 0.15) is 11.1 Å². The molecule has 0 bridgehead atoms. The summed E-state index contributed by atoms with van der Waals surface area (Å²) in [6.07, 6.45) is 5.85. The van der Waals surface area contributed by atoms with Gasteiger partial charge in [-0.25, -0.2) is 0 Å². The number of carbonyl (C=O) groups excluding carboxylic acids is 1. The van der Waals surface area contributed by atoms with Crippen LogP contribution in [0.1, 0.15) is 17.5 Å². The number of aliphatic imine (C=N–C) groups is 1. The fourth-order valence-electron chi connectivity index (χ4n) is 3.70. The number of nitrogens with zero attached hydrogens (tertiary/aromatic N) is 4. The topological polar surface area (TPSA) is 48.8 Å². The Morgan fingerprint density at radius 3 is 2.64 bits per heavy atom. The summed E-state index contributed by atoms with van der Waals surface area (Å²) < 4.78 is 0. The van der Waals surface area contributed by atoms with Crippen LogP contribution in [0.2, 0.25) is 0 Å². The molecule has 0 radical (unpaired) electrons. The molecule has 2 aliphatic heterocycles. The number of piperazine rings is 1. The third-order valence-electron chi connectivity index (χ3n) is 5.31. The van der Waals surface area contributed by atoms with Gasteiger partial charge >= 0.3 is 0 Å².